The highest BCUT2D eigenvalue weighted by atomic mass is 16.6. The van der Waals surface area contributed by atoms with E-state index in [9.17, 15) is 9.59 Å². The Balaban J connectivity index is 3.75. The van der Waals surface area contributed by atoms with Crippen molar-refractivity contribution in [3.8, 4) is 12.3 Å². The maximum absolute atomic E-state index is 11.3. The Bertz CT molecular complexity index is 286. The Hall–Kier alpha value is -1.50. The number of ether oxygens (including phenoxy) is 1. The highest BCUT2D eigenvalue weighted by molar-refractivity contribution is 5.70. The first-order valence-electron chi connectivity index (χ1n) is 5.24. The van der Waals surface area contributed by atoms with Crippen molar-refractivity contribution >= 4 is 11.9 Å². The van der Waals surface area contributed by atoms with Crippen molar-refractivity contribution in [3.63, 3.8) is 0 Å². The van der Waals surface area contributed by atoms with Gasteiger partial charge in [0, 0.05) is 19.3 Å². The molecule has 4 nitrogen and oxygen atoms in total. The minimum Gasteiger partial charge on any atom is -0.481 e. The second-order valence-electron chi connectivity index (χ2n) is 4.22. The van der Waals surface area contributed by atoms with Crippen molar-refractivity contribution in [2.75, 3.05) is 0 Å². The summed E-state index contributed by atoms with van der Waals surface area (Å²) in [4.78, 5) is 21.6. The topological polar surface area (TPSA) is 63.6 Å². The van der Waals surface area contributed by atoms with Crippen molar-refractivity contribution in [2.45, 2.75) is 51.6 Å². The molecule has 90 valence electrons. The number of terminal acetylenes is 1. The monoisotopic (exact) mass is 226 g/mol. The van der Waals surface area contributed by atoms with E-state index < -0.39 is 11.6 Å². The van der Waals surface area contributed by atoms with E-state index in [2.05, 4.69) is 5.92 Å². The minimum absolute atomic E-state index is 0.0844. The van der Waals surface area contributed by atoms with Gasteiger partial charge in [-0.1, -0.05) is 0 Å². The molecule has 0 rings (SSSR count). The fourth-order valence-electron chi connectivity index (χ4n) is 1.19. The van der Waals surface area contributed by atoms with Crippen molar-refractivity contribution in [1.29, 1.82) is 0 Å². The van der Waals surface area contributed by atoms with Gasteiger partial charge in [-0.3, -0.25) is 9.59 Å². The average Bonchev–Trinajstić information content (AvgIpc) is 2.11. The van der Waals surface area contributed by atoms with E-state index in [1.165, 1.54) is 0 Å². The molecule has 0 radical (unpaired) electrons. The predicted molar refractivity (Wildman–Crippen MR) is 59.7 cm³/mol. The summed E-state index contributed by atoms with van der Waals surface area (Å²) < 4.78 is 5.16. The van der Waals surface area contributed by atoms with Gasteiger partial charge in [-0.25, -0.2) is 0 Å². The Labute approximate surface area is 96.0 Å². The second kappa shape index (κ2) is 6.89. The molecule has 1 N–H and O–H groups in total. The molecular weight excluding hydrogens is 208 g/mol. The zero-order chi connectivity index (χ0) is 12.6. The number of carboxylic acids is 1. The van der Waals surface area contributed by atoms with Crippen LogP contribution in [-0.4, -0.2) is 22.6 Å². The number of unbranched alkanes of at least 4 members (excludes halogenated alkanes) is 1. The first kappa shape index (κ1) is 14.5. The van der Waals surface area contributed by atoms with Crippen molar-refractivity contribution in [3.05, 3.63) is 0 Å². The number of carbonyl (C=O) groups is 2. The molecule has 0 atom stereocenters. The molecule has 0 unspecified atom stereocenters. The molecule has 0 heterocycles. The van der Waals surface area contributed by atoms with Crippen LogP contribution in [0, 0.1) is 12.3 Å². The number of hydrogen-bond donors (Lipinski definition) is 1. The van der Waals surface area contributed by atoms with Gasteiger partial charge in [0.2, 0.25) is 0 Å². The van der Waals surface area contributed by atoms with Gasteiger partial charge in [-0.2, -0.15) is 0 Å². The van der Waals surface area contributed by atoms with E-state index >= 15 is 0 Å². The summed E-state index contributed by atoms with van der Waals surface area (Å²) in [6.45, 7) is 3.50. The predicted octanol–water partition coefficient (Wildman–Crippen LogP) is 1.98. The molecule has 16 heavy (non-hydrogen) atoms. The third-order valence-electron chi connectivity index (χ3n) is 1.94. The van der Waals surface area contributed by atoms with Crippen LogP contribution in [0.15, 0.2) is 0 Å². The molecule has 0 aromatic carbocycles. The van der Waals surface area contributed by atoms with Gasteiger partial charge in [-0.15, -0.1) is 12.3 Å². The second-order valence-corrected chi connectivity index (χ2v) is 4.22. The van der Waals surface area contributed by atoms with Gasteiger partial charge in [0.05, 0.1) is 0 Å². The van der Waals surface area contributed by atoms with Crippen LogP contribution >= 0.6 is 0 Å². The zero-order valence-corrected chi connectivity index (χ0v) is 9.78. The number of hydrogen-bond acceptors (Lipinski definition) is 3. The van der Waals surface area contributed by atoms with Gasteiger partial charge in [0.15, 0.2) is 0 Å². The molecule has 0 aliphatic rings. The van der Waals surface area contributed by atoms with Crippen LogP contribution in [0.5, 0.6) is 0 Å². The lowest BCUT2D eigenvalue weighted by Crippen LogP contribution is -2.27. The van der Waals surface area contributed by atoms with Crippen LogP contribution in [0.2, 0.25) is 0 Å². The van der Waals surface area contributed by atoms with E-state index in [-0.39, 0.29) is 18.8 Å². The number of aliphatic carboxylic acids is 1. The van der Waals surface area contributed by atoms with Crippen LogP contribution in [-0.2, 0) is 14.3 Å². The highest BCUT2D eigenvalue weighted by Gasteiger charge is 2.21. The minimum atomic E-state index is -0.846. The first-order chi connectivity index (χ1) is 7.37. The van der Waals surface area contributed by atoms with Crippen molar-refractivity contribution < 1.29 is 19.4 Å². The quantitative estimate of drug-likeness (QED) is 0.409. The summed E-state index contributed by atoms with van der Waals surface area (Å²) in [5.74, 6) is 1.27. The highest BCUT2D eigenvalue weighted by Crippen LogP contribution is 2.15. The van der Waals surface area contributed by atoms with E-state index in [0.29, 0.717) is 19.3 Å². The standard InChI is InChI=1S/C12H18O4/c1-4-9-12(2,3)16-11(15)8-6-5-7-10(13)14/h1H,5-9H2,2-3H3,(H,13,14). The molecule has 0 saturated heterocycles. The van der Waals surface area contributed by atoms with E-state index in [1.807, 2.05) is 0 Å². The lowest BCUT2D eigenvalue weighted by atomic mass is 10.1. The molecule has 0 aliphatic heterocycles. The van der Waals surface area contributed by atoms with Crippen LogP contribution in [0.25, 0.3) is 0 Å². The van der Waals surface area contributed by atoms with Gasteiger partial charge in [0.25, 0.3) is 0 Å². The summed E-state index contributed by atoms with van der Waals surface area (Å²) in [6, 6.07) is 0. The number of carboxylic acid groups (broad SMARTS) is 1. The summed E-state index contributed by atoms with van der Waals surface area (Å²) in [7, 11) is 0. The third-order valence-corrected chi connectivity index (χ3v) is 1.94. The van der Waals surface area contributed by atoms with Crippen molar-refractivity contribution in [1.82, 2.24) is 0 Å². The lowest BCUT2D eigenvalue weighted by molar-refractivity contribution is -0.156. The summed E-state index contributed by atoms with van der Waals surface area (Å²) >= 11 is 0. The Morgan fingerprint density at radius 3 is 2.38 bits per heavy atom. The first-order valence-corrected chi connectivity index (χ1v) is 5.24. The Morgan fingerprint density at radius 1 is 1.31 bits per heavy atom. The van der Waals surface area contributed by atoms with Crippen LogP contribution < -0.4 is 0 Å². The molecule has 0 fully saturated rings. The SMILES string of the molecule is C#CCC(C)(C)OC(=O)CCCCC(=O)O. The smallest absolute Gasteiger partial charge is 0.306 e. The normalized spacial score (nSPS) is 10.6. The van der Waals surface area contributed by atoms with Gasteiger partial charge in [0.1, 0.15) is 5.60 Å². The molecule has 0 aliphatic carbocycles. The van der Waals surface area contributed by atoms with E-state index in [0.717, 1.165) is 0 Å². The zero-order valence-electron chi connectivity index (χ0n) is 9.78. The third kappa shape index (κ3) is 7.86. The Morgan fingerprint density at radius 2 is 1.88 bits per heavy atom. The fraction of sp³-hybridized carbons (Fsp3) is 0.667. The molecule has 0 spiro atoms. The molecule has 0 amide bonds. The fourth-order valence-corrected chi connectivity index (χ4v) is 1.19. The molecule has 0 saturated carbocycles. The van der Waals surface area contributed by atoms with Gasteiger partial charge >= 0.3 is 11.9 Å². The number of esters is 1. The molecule has 0 aromatic rings. The van der Waals surface area contributed by atoms with Crippen LogP contribution in [0.1, 0.15) is 46.0 Å². The summed E-state index contributed by atoms with van der Waals surface area (Å²) in [6.07, 6.45) is 6.84. The molecule has 0 aromatic heterocycles. The van der Waals surface area contributed by atoms with Crippen LogP contribution in [0.3, 0.4) is 0 Å². The van der Waals surface area contributed by atoms with Gasteiger partial charge in [-0.05, 0) is 26.7 Å². The molecule has 4 heteroatoms. The van der Waals surface area contributed by atoms with Crippen molar-refractivity contribution in [2.24, 2.45) is 0 Å². The number of carbonyl (C=O) groups excluding carboxylic acids is 1. The largest absolute Gasteiger partial charge is 0.481 e. The maximum Gasteiger partial charge on any atom is 0.306 e. The Kier molecular flexibility index (Phi) is 6.24. The molecular formula is C12H18O4. The lowest BCUT2D eigenvalue weighted by Gasteiger charge is -2.22. The van der Waals surface area contributed by atoms with E-state index in [1.54, 1.807) is 13.8 Å². The maximum atomic E-state index is 11.3. The van der Waals surface area contributed by atoms with Crippen LogP contribution in [0.4, 0.5) is 0 Å². The summed E-state index contributed by atoms with van der Waals surface area (Å²) in [5.41, 5.74) is -0.640. The number of rotatable bonds is 7. The molecule has 0 bridgehead atoms. The average molecular weight is 226 g/mol. The van der Waals surface area contributed by atoms with E-state index in [4.69, 9.17) is 16.3 Å². The summed E-state index contributed by atoms with van der Waals surface area (Å²) in [5, 5.41) is 8.40. The van der Waals surface area contributed by atoms with Gasteiger partial charge < -0.3 is 9.84 Å².